The minimum Gasteiger partial charge on any atom is -0.494 e. The Morgan fingerprint density at radius 3 is 2.68 bits per heavy atom. The van der Waals surface area contributed by atoms with Crippen molar-refractivity contribution < 1.29 is 9.13 Å². The van der Waals surface area contributed by atoms with Gasteiger partial charge >= 0.3 is 0 Å². The first-order chi connectivity index (χ1) is 12.0. The van der Waals surface area contributed by atoms with Crippen LogP contribution in [-0.2, 0) is 19.9 Å². The third kappa shape index (κ3) is 3.02. The van der Waals surface area contributed by atoms with Gasteiger partial charge in [0.15, 0.2) is 5.75 Å². The molecule has 0 saturated carbocycles. The lowest BCUT2D eigenvalue weighted by Crippen LogP contribution is -2.21. The molecule has 0 saturated heterocycles. The van der Waals surface area contributed by atoms with Gasteiger partial charge in [0.2, 0.25) is 0 Å². The summed E-state index contributed by atoms with van der Waals surface area (Å²) in [6, 6.07) is 6.82. The number of hydrogen-bond donors (Lipinski definition) is 0. The molecular formula is C20H21FN2O2. The van der Waals surface area contributed by atoms with E-state index in [0.29, 0.717) is 23.3 Å². The van der Waals surface area contributed by atoms with Crippen LogP contribution < -0.4 is 10.3 Å². The van der Waals surface area contributed by atoms with E-state index >= 15 is 0 Å². The quantitative estimate of drug-likeness (QED) is 0.730. The lowest BCUT2D eigenvalue weighted by atomic mass is 9.98. The zero-order valence-electron chi connectivity index (χ0n) is 14.9. The number of rotatable bonds is 4. The molecule has 130 valence electrons. The van der Waals surface area contributed by atoms with Crippen molar-refractivity contribution in [2.75, 3.05) is 7.11 Å². The van der Waals surface area contributed by atoms with Crippen LogP contribution in [0.3, 0.4) is 0 Å². The molecule has 2 aromatic heterocycles. The first-order valence-corrected chi connectivity index (χ1v) is 8.25. The van der Waals surface area contributed by atoms with Gasteiger partial charge in [-0.2, -0.15) is 0 Å². The molecule has 0 fully saturated rings. The maximum Gasteiger partial charge on any atom is 0.257 e. The highest BCUT2D eigenvalue weighted by Crippen LogP contribution is 2.26. The van der Waals surface area contributed by atoms with E-state index in [1.165, 1.54) is 6.07 Å². The number of halogens is 1. The van der Waals surface area contributed by atoms with E-state index in [4.69, 9.17) is 4.74 Å². The van der Waals surface area contributed by atoms with Crippen LogP contribution in [0.2, 0.25) is 0 Å². The molecule has 0 amide bonds. The van der Waals surface area contributed by atoms with Gasteiger partial charge in [-0.25, -0.2) is 4.39 Å². The molecule has 4 nitrogen and oxygen atoms in total. The predicted molar refractivity (Wildman–Crippen MR) is 96.9 cm³/mol. The van der Waals surface area contributed by atoms with E-state index in [1.807, 2.05) is 19.1 Å². The Labute approximate surface area is 145 Å². The molecule has 0 unspecified atom stereocenters. The van der Waals surface area contributed by atoms with Gasteiger partial charge in [0.1, 0.15) is 11.3 Å². The number of pyridine rings is 2. The van der Waals surface area contributed by atoms with Gasteiger partial charge in [-0.1, -0.05) is 13.0 Å². The van der Waals surface area contributed by atoms with Crippen LogP contribution in [0, 0.1) is 12.7 Å². The zero-order valence-corrected chi connectivity index (χ0v) is 14.9. The molecule has 0 spiro atoms. The van der Waals surface area contributed by atoms with Crippen molar-refractivity contribution in [3.8, 4) is 5.75 Å². The second-order valence-electron chi connectivity index (χ2n) is 6.18. The van der Waals surface area contributed by atoms with Crippen molar-refractivity contribution in [3.05, 3.63) is 68.9 Å². The fourth-order valence-electron chi connectivity index (χ4n) is 3.22. The Bertz CT molecular complexity index is 1010. The van der Waals surface area contributed by atoms with Gasteiger partial charge in [0.05, 0.1) is 18.2 Å². The third-order valence-corrected chi connectivity index (χ3v) is 4.61. The zero-order chi connectivity index (χ0) is 18.1. The molecule has 0 radical (unpaired) electrons. The summed E-state index contributed by atoms with van der Waals surface area (Å²) in [6.45, 7) is 3.75. The molecule has 0 atom stereocenters. The van der Waals surface area contributed by atoms with Crippen LogP contribution in [0.25, 0.3) is 11.0 Å². The van der Waals surface area contributed by atoms with E-state index in [0.717, 1.165) is 28.6 Å². The number of methoxy groups -OCH3 is 1. The molecule has 0 aliphatic heterocycles. The van der Waals surface area contributed by atoms with Gasteiger partial charge in [-0.15, -0.1) is 0 Å². The van der Waals surface area contributed by atoms with Crippen LogP contribution in [-0.4, -0.2) is 16.7 Å². The first-order valence-electron chi connectivity index (χ1n) is 8.25. The predicted octanol–water partition coefficient (Wildman–Crippen LogP) is 3.54. The van der Waals surface area contributed by atoms with Crippen molar-refractivity contribution in [2.45, 2.75) is 26.7 Å². The van der Waals surface area contributed by atoms with E-state index in [-0.39, 0.29) is 11.4 Å². The maximum absolute atomic E-state index is 13.4. The number of aromatic nitrogens is 2. The summed E-state index contributed by atoms with van der Waals surface area (Å²) in [5.41, 5.74) is 4.86. The number of ether oxygens (including phenoxy) is 1. The molecule has 5 heteroatoms. The number of benzene rings is 1. The molecule has 3 aromatic rings. The summed E-state index contributed by atoms with van der Waals surface area (Å²) in [5.74, 6) is 0.292. The normalized spacial score (nSPS) is 11.1. The summed E-state index contributed by atoms with van der Waals surface area (Å²) >= 11 is 0. The molecule has 0 aliphatic carbocycles. The highest BCUT2D eigenvalue weighted by molar-refractivity contribution is 5.83. The largest absolute Gasteiger partial charge is 0.494 e. The van der Waals surface area contributed by atoms with Crippen molar-refractivity contribution in [1.82, 2.24) is 9.55 Å². The number of nitrogens with zero attached hydrogens (tertiary/aromatic N) is 2. The van der Waals surface area contributed by atoms with Crippen LogP contribution in [0.5, 0.6) is 5.75 Å². The van der Waals surface area contributed by atoms with Gasteiger partial charge in [-0.05, 0) is 54.7 Å². The van der Waals surface area contributed by atoms with Gasteiger partial charge < -0.3 is 9.30 Å². The monoisotopic (exact) mass is 340 g/mol. The van der Waals surface area contributed by atoms with Gasteiger partial charge in [0, 0.05) is 13.2 Å². The van der Waals surface area contributed by atoms with E-state index in [1.54, 1.807) is 37.9 Å². The van der Waals surface area contributed by atoms with Crippen molar-refractivity contribution in [3.63, 3.8) is 0 Å². The molecule has 2 heterocycles. The van der Waals surface area contributed by atoms with Crippen molar-refractivity contribution in [2.24, 2.45) is 7.05 Å². The molecule has 0 bridgehead atoms. The summed E-state index contributed by atoms with van der Waals surface area (Å²) in [5, 5.41) is 0. The molecule has 3 rings (SSSR count). The van der Waals surface area contributed by atoms with Crippen LogP contribution >= 0.6 is 0 Å². The van der Waals surface area contributed by atoms with Crippen molar-refractivity contribution >= 4 is 11.0 Å². The summed E-state index contributed by atoms with van der Waals surface area (Å²) < 4.78 is 20.4. The Morgan fingerprint density at radius 2 is 2.00 bits per heavy atom. The Hall–Kier alpha value is -2.69. The highest BCUT2D eigenvalue weighted by Gasteiger charge is 2.14. The van der Waals surface area contributed by atoms with Crippen LogP contribution in [0.15, 0.2) is 35.3 Å². The average molecular weight is 340 g/mol. The number of aryl methyl sites for hydroxylation is 2. The van der Waals surface area contributed by atoms with Crippen LogP contribution in [0.1, 0.15) is 29.2 Å². The molecule has 25 heavy (non-hydrogen) atoms. The fraction of sp³-hybridized carbons (Fsp3) is 0.300. The summed E-state index contributed by atoms with van der Waals surface area (Å²) in [6.07, 6.45) is 3.19. The standard InChI is InChI=1S/C20H21FN2O2/c1-5-14-10-16(21)7-6-15(14)8-13-9-17-18(22-11-13)19(25-4)12(2)20(24)23(17)3/h6-7,9-11H,5,8H2,1-4H3. The van der Waals surface area contributed by atoms with E-state index < -0.39 is 0 Å². The number of hydrogen-bond acceptors (Lipinski definition) is 3. The molecular weight excluding hydrogens is 319 g/mol. The minimum atomic E-state index is -0.222. The van der Waals surface area contributed by atoms with Gasteiger partial charge in [-0.3, -0.25) is 9.78 Å². The van der Waals surface area contributed by atoms with E-state index in [9.17, 15) is 9.18 Å². The maximum atomic E-state index is 13.4. The van der Waals surface area contributed by atoms with Crippen LogP contribution in [0.4, 0.5) is 4.39 Å². The lowest BCUT2D eigenvalue weighted by molar-refractivity contribution is 0.414. The highest BCUT2D eigenvalue weighted by atomic mass is 19.1. The number of fused-ring (bicyclic) bond motifs is 1. The SMILES string of the molecule is CCc1cc(F)ccc1Cc1cnc2c(OC)c(C)c(=O)n(C)c2c1. The smallest absolute Gasteiger partial charge is 0.257 e. The molecule has 1 aromatic carbocycles. The second-order valence-corrected chi connectivity index (χ2v) is 6.18. The van der Waals surface area contributed by atoms with Gasteiger partial charge in [0.25, 0.3) is 5.56 Å². The third-order valence-electron chi connectivity index (χ3n) is 4.61. The summed E-state index contributed by atoms with van der Waals surface area (Å²) in [4.78, 5) is 16.9. The summed E-state index contributed by atoms with van der Waals surface area (Å²) in [7, 11) is 3.28. The average Bonchev–Trinajstić information content (AvgIpc) is 2.62. The van der Waals surface area contributed by atoms with Crippen molar-refractivity contribution in [1.29, 1.82) is 0 Å². The molecule has 0 aliphatic rings. The minimum absolute atomic E-state index is 0.0978. The lowest BCUT2D eigenvalue weighted by Gasteiger charge is -2.13. The Kier molecular flexibility index (Phi) is 4.57. The first kappa shape index (κ1) is 17.1. The Morgan fingerprint density at radius 1 is 1.24 bits per heavy atom. The van der Waals surface area contributed by atoms with E-state index in [2.05, 4.69) is 4.98 Å². The topological polar surface area (TPSA) is 44.1 Å². The second kappa shape index (κ2) is 6.67. The fourth-order valence-corrected chi connectivity index (χ4v) is 3.22. The molecule has 0 N–H and O–H groups in total. The Balaban J connectivity index is 2.12.